The van der Waals surface area contributed by atoms with Crippen LogP contribution in [0.3, 0.4) is 0 Å². The van der Waals surface area contributed by atoms with Gasteiger partial charge in [0.05, 0.1) is 12.1 Å². The van der Waals surface area contributed by atoms with Gasteiger partial charge in [-0.15, -0.1) is 10.2 Å². The van der Waals surface area contributed by atoms with Crippen LogP contribution in [0.25, 0.3) is 10.9 Å². The first-order chi connectivity index (χ1) is 14.9. The number of benzene rings is 3. The molecule has 0 bridgehead atoms. The van der Waals surface area contributed by atoms with Crippen LogP contribution in [-0.2, 0) is 6.54 Å². The summed E-state index contributed by atoms with van der Waals surface area (Å²) in [6, 6.07) is 19.5. The molecule has 0 atom stereocenters. The molecule has 31 heavy (non-hydrogen) atoms. The summed E-state index contributed by atoms with van der Waals surface area (Å²) in [6.07, 6.45) is 0. The van der Waals surface area contributed by atoms with Gasteiger partial charge in [0, 0.05) is 15.5 Å². The van der Waals surface area contributed by atoms with E-state index in [1.54, 1.807) is 16.7 Å². The monoisotopic (exact) mass is 496 g/mol. The van der Waals surface area contributed by atoms with E-state index in [4.69, 9.17) is 12.2 Å². The van der Waals surface area contributed by atoms with Crippen molar-refractivity contribution in [3.63, 3.8) is 0 Å². The van der Waals surface area contributed by atoms with E-state index >= 15 is 0 Å². The molecule has 8 heteroatoms. The minimum atomic E-state index is -0.307. The van der Waals surface area contributed by atoms with Crippen molar-refractivity contribution in [2.75, 3.05) is 5.32 Å². The summed E-state index contributed by atoms with van der Waals surface area (Å²) in [5.41, 5.74) is 3.81. The third-order valence-corrected chi connectivity index (χ3v) is 5.53. The number of aromatic nitrogens is 1. The third kappa shape index (κ3) is 4.65. The van der Waals surface area contributed by atoms with Crippen molar-refractivity contribution in [1.29, 1.82) is 0 Å². The van der Waals surface area contributed by atoms with E-state index in [1.165, 1.54) is 12.1 Å². The molecule has 4 rings (SSSR count). The van der Waals surface area contributed by atoms with Gasteiger partial charge >= 0.3 is 0 Å². The van der Waals surface area contributed by atoms with Crippen molar-refractivity contribution in [3.05, 3.63) is 88.1 Å². The largest absolute Gasteiger partial charge is 0.493 e. The van der Waals surface area contributed by atoms with Crippen LogP contribution in [0.4, 0.5) is 15.8 Å². The molecular weight excluding hydrogens is 479 g/mol. The Hall–Kier alpha value is -3.10. The summed E-state index contributed by atoms with van der Waals surface area (Å²) in [5, 5.41) is 23.2. The third-order valence-electron chi connectivity index (χ3n) is 4.85. The molecular formula is C23H18BrFN4OS. The van der Waals surface area contributed by atoms with Crippen LogP contribution in [0, 0.1) is 12.7 Å². The number of thiocarbonyl (C=S) groups is 1. The van der Waals surface area contributed by atoms with E-state index in [9.17, 15) is 9.50 Å². The van der Waals surface area contributed by atoms with E-state index in [2.05, 4.69) is 31.5 Å². The Morgan fingerprint density at radius 1 is 1.13 bits per heavy atom. The van der Waals surface area contributed by atoms with E-state index in [0.29, 0.717) is 12.2 Å². The number of para-hydroxylation sites is 1. The lowest BCUT2D eigenvalue weighted by molar-refractivity contribution is 0.429. The second kappa shape index (κ2) is 8.95. The average Bonchev–Trinajstić information content (AvgIpc) is 3.00. The highest BCUT2D eigenvalue weighted by atomic mass is 79.9. The molecule has 156 valence electrons. The van der Waals surface area contributed by atoms with Gasteiger partial charge in [-0.25, -0.2) is 4.39 Å². The van der Waals surface area contributed by atoms with Crippen LogP contribution in [0.2, 0.25) is 0 Å². The molecule has 3 aromatic carbocycles. The standard InChI is InChI=1S/C23H18BrFN4OS/c1-14-4-2-3-5-19(14)26-23(31)28-27-21-18-12-16(24)8-11-20(18)29(22(21)30)13-15-6-9-17(25)10-7-15/h2-12,30H,13H2,1H3,(H,26,31). The highest BCUT2D eigenvalue weighted by Crippen LogP contribution is 2.40. The summed E-state index contributed by atoms with van der Waals surface area (Å²) in [7, 11) is 0. The number of hydrogen-bond donors (Lipinski definition) is 2. The molecule has 0 aliphatic rings. The highest BCUT2D eigenvalue weighted by molar-refractivity contribution is 9.10. The second-order valence-corrected chi connectivity index (χ2v) is 8.29. The Kier molecular flexibility index (Phi) is 6.11. The fraction of sp³-hybridized carbons (Fsp3) is 0.0870. The number of aryl methyl sites for hydroxylation is 1. The normalized spacial score (nSPS) is 11.3. The molecule has 0 saturated heterocycles. The number of aromatic hydroxyl groups is 1. The zero-order valence-corrected chi connectivity index (χ0v) is 18.9. The number of nitrogens with zero attached hydrogens (tertiary/aromatic N) is 3. The van der Waals surface area contributed by atoms with Gasteiger partial charge in [-0.3, -0.25) is 0 Å². The van der Waals surface area contributed by atoms with E-state index < -0.39 is 0 Å². The summed E-state index contributed by atoms with van der Waals surface area (Å²) in [4.78, 5) is 0. The predicted molar refractivity (Wildman–Crippen MR) is 129 cm³/mol. The van der Waals surface area contributed by atoms with Gasteiger partial charge < -0.3 is 15.0 Å². The molecule has 1 heterocycles. The first kappa shape index (κ1) is 21.1. The first-order valence-corrected chi connectivity index (χ1v) is 10.7. The Labute approximate surface area is 192 Å². The number of nitrogens with one attached hydrogen (secondary N) is 1. The topological polar surface area (TPSA) is 61.9 Å². The first-order valence-electron chi connectivity index (χ1n) is 9.46. The van der Waals surface area contributed by atoms with Crippen LogP contribution in [-0.4, -0.2) is 14.8 Å². The molecule has 2 N–H and O–H groups in total. The number of rotatable bonds is 4. The lowest BCUT2D eigenvalue weighted by Gasteiger charge is -2.07. The summed E-state index contributed by atoms with van der Waals surface area (Å²) in [5.74, 6) is -0.349. The van der Waals surface area contributed by atoms with Gasteiger partial charge in [0.25, 0.3) is 0 Å². The molecule has 4 aromatic rings. The van der Waals surface area contributed by atoms with Crippen molar-refractivity contribution in [3.8, 4) is 5.88 Å². The van der Waals surface area contributed by atoms with Crippen LogP contribution in [0.1, 0.15) is 11.1 Å². The second-order valence-electron chi connectivity index (χ2n) is 6.99. The molecule has 0 amide bonds. The fourth-order valence-electron chi connectivity index (χ4n) is 3.28. The zero-order valence-electron chi connectivity index (χ0n) is 16.5. The zero-order chi connectivity index (χ0) is 22.0. The molecule has 0 radical (unpaired) electrons. The Morgan fingerprint density at radius 2 is 1.87 bits per heavy atom. The van der Waals surface area contributed by atoms with Gasteiger partial charge in [-0.1, -0.05) is 46.3 Å². The SMILES string of the molecule is Cc1ccccc1NC(=S)N=Nc1c(O)n(Cc2ccc(F)cc2)c2ccc(Br)cc12. The van der Waals surface area contributed by atoms with Crippen LogP contribution >= 0.6 is 28.1 Å². The maximum atomic E-state index is 13.3. The van der Waals surface area contributed by atoms with Gasteiger partial charge in [0.2, 0.25) is 11.0 Å². The van der Waals surface area contributed by atoms with E-state index in [1.807, 2.05) is 49.4 Å². The van der Waals surface area contributed by atoms with Gasteiger partial charge in [0.15, 0.2) is 5.69 Å². The molecule has 5 nitrogen and oxygen atoms in total. The fourth-order valence-corrected chi connectivity index (χ4v) is 3.79. The number of azo groups is 1. The lowest BCUT2D eigenvalue weighted by atomic mass is 10.2. The highest BCUT2D eigenvalue weighted by Gasteiger charge is 2.17. The van der Waals surface area contributed by atoms with Crippen molar-refractivity contribution >= 4 is 55.5 Å². The van der Waals surface area contributed by atoms with Gasteiger partial charge in [0.1, 0.15) is 5.82 Å². The molecule has 0 spiro atoms. The number of fused-ring (bicyclic) bond motifs is 1. The molecule has 0 saturated carbocycles. The maximum Gasteiger partial charge on any atom is 0.221 e. The summed E-state index contributed by atoms with van der Waals surface area (Å²) in [6.45, 7) is 2.32. The van der Waals surface area contributed by atoms with Gasteiger partial charge in [-0.05, 0) is 66.7 Å². The minimum absolute atomic E-state index is 0.0418. The minimum Gasteiger partial charge on any atom is -0.493 e. The number of anilines is 1. The number of hydrogen-bond acceptors (Lipinski definition) is 3. The van der Waals surface area contributed by atoms with Crippen molar-refractivity contribution in [1.82, 2.24) is 4.57 Å². The quantitative estimate of drug-likeness (QED) is 0.234. The van der Waals surface area contributed by atoms with Crippen molar-refractivity contribution < 1.29 is 9.50 Å². The Bertz CT molecular complexity index is 1300. The molecule has 0 fully saturated rings. The lowest BCUT2D eigenvalue weighted by Crippen LogP contribution is -2.06. The smallest absolute Gasteiger partial charge is 0.221 e. The van der Waals surface area contributed by atoms with Crippen molar-refractivity contribution in [2.45, 2.75) is 13.5 Å². The molecule has 0 aliphatic heterocycles. The molecule has 0 aliphatic carbocycles. The van der Waals surface area contributed by atoms with E-state index in [-0.39, 0.29) is 16.8 Å². The Morgan fingerprint density at radius 3 is 2.61 bits per heavy atom. The molecule has 0 unspecified atom stereocenters. The molecule has 1 aromatic heterocycles. The van der Waals surface area contributed by atoms with Crippen LogP contribution < -0.4 is 5.32 Å². The van der Waals surface area contributed by atoms with Crippen LogP contribution in [0.5, 0.6) is 5.88 Å². The summed E-state index contributed by atoms with van der Waals surface area (Å²) < 4.78 is 15.8. The van der Waals surface area contributed by atoms with Gasteiger partial charge in [-0.2, -0.15) is 0 Å². The average molecular weight is 497 g/mol. The maximum absolute atomic E-state index is 13.3. The van der Waals surface area contributed by atoms with E-state index in [0.717, 1.165) is 32.2 Å². The Balaban J connectivity index is 1.68. The van der Waals surface area contributed by atoms with Crippen LogP contribution in [0.15, 0.2) is 81.4 Å². The number of halogens is 2. The van der Waals surface area contributed by atoms with Crippen molar-refractivity contribution in [2.24, 2.45) is 10.2 Å². The summed E-state index contributed by atoms with van der Waals surface area (Å²) >= 11 is 8.77. The predicted octanol–water partition coefficient (Wildman–Crippen LogP) is 7.09.